The van der Waals surface area contributed by atoms with Gasteiger partial charge < -0.3 is 20.3 Å². The van der Waals surface area contributed by atoms with Gasteiger partial charge in [-0.05, 0) is 36.5 Å². The van der Waals surface area contributed by atoms with Crippen LogP contribution in [0.2, 0.25) is 0 Å². The SMILES string of the molecule is CC1CCCC(CN)(C(O)c2ccc3c(c2)OCCO3)C1. The van der Waals surface area contributed by atoms with Gasteiger partial charge in [-0.15, -0.1) is 0 Å². The van der Waals surface area contributed by atoms with Crippen LogP contribution in [0, 0.1) is 11.3 Å². The number of benzene rings is 1. The molecule has 1 aromatic carbocycles. The molecule has 1 saturated carbocycles. The van der Waals surface area contributed by atoms with Gasteiger partial charge in [0.25, 0.3) is 0 Å². The average molecular weight is 291 g/mol. The molecule has 116 valence electrons. The molecule has 3 N–H and O–H groups in total. The molecule has 4 heteroatoms. The Bertz CT molecular complexity index is 505. The molecule has 0 saturated heterocycles. The van der Waals surface area contributed by atoms with Gasteiger partial charge in [0.2, 0.25) is 0 Å². The van der Waals surface area contributed by atoms with Gasteiger partial charge in [-0.2, -0.15) is 0 Å². The first-order chi connectivity index (χ1) is 10.1. The van der Waals surface area contributed by atoms with Gasteiger partial charge in [0, 0.05) is 12.0 Å². The first kappa shape index (κ1) is 14.7. The summed E-state index contributed by atoms with van der Waals surface area (Å²) in [6, 6.07) is 5.74. The molecule has 1 aliphatic carbocycles. The summed E-state index contributed by atoms with van der Waals surface area (Å²) in [4.78, 5) is 0. The van der Waals surface area contributed by atoms with Crippen LogP contribution in [0.15, 0.2) is 18.2 Å². The van der Waals surface area contributed by atoms with E-state index < -0.39 is 6.10 Å². The molecular weight excluding hydrogens is 266 g/mol. The van der Waals surface area contributed by atoms with Crippen LogP contribution in [-0.4, -0.2) is 24.9 Å². The minimum absolute atomic E-state index is 0.207. The molecule has 1 heterocycles. The minimum Gasteiger partial charge on any atom is -0.486 e. The number of ether oxygens (including phenoxy) is 2. The van der Waals surface area contributed by atoms with E-state index in [9.17, 15) is 5.11 Å². The Morgan fingerprint density at radius 3 is 2.81 bits per heavy atom. The lowest BCUT2D eigenvalue weighted by Crippen LogP contribution is -2.40. The first-order valence-corrected chi connectivity index (χ1v) is 7.92. The quantitative estimate of drug-likeness (QED) is 0.898. The van der Waals surface area contributed by atoms with E-state index >= 15 is 0 Å². The van der Waals surface area contributed by atoms with Gasteiger partial charge in [0.15, 0.2) is 11.5 Å². The highest BCUT2D eigenvalue weighted by atomic mass is 16.6. The normalized spacial score (nSPS) is 30.0. The number of aliphatic hydroxyl groups is 1. The highest BCUT2D eigenvalue weighted by Gasteiger charge is 2.41. The third kappa shape index (κ3) is 2.74. The summed E-state index contributed by atoms with van der Waals surface area (Å²) in [5.41, 5.74) is 6.74. The van der Waals surface area contributed by atoms with Crippen LogP contribution in [-0.2, 0) is 0 Å². The fraction of sp³-hybridized carbons (Fsp3) is 0.647. The molecule has 21 heavy (non-hydrogen) atoms. The summed E-state index contributed by atoms with van der Waals surface area (Å²) in [6.07, 6.45) is 3.80. The van der Waals surface area contributed by atoms with Crippen LogP contribution in [0.1, 0.15) is 44.3 Å². The van der Waals surface area contributed by atoms with Crippen molar-refractivity contribution in [2.75, 3.05) is 19.8 Å². The van der Waals surface area contributed by atoms with Crippen molar-refractivity contribution in [2.24, 2.45) is 17.1 Å². The lowest BCUT2D eigenvalue weighted by Gasteiger charge is -2.43. The number of nitrogens with two attached hydrogens (primary N) is 1. The summed E-state index contributed by atoms with van der Waals surface area (Å²) in [7, 11) is 0. The molecule has 1 fully saturated rings. The summed E-state index contributed by atoms with van der Waals surface area (Å²) < 4.78 is 11.2. The van der Waals surface area contributed by atoms with Gasteiger partial charge in [-0.3, -0.25) is 0 Å². The average Bonchev–Trinajstić information content (AvgIpc) is 2.53. The highest BCUT2D eigenvalue weighted by Crippen LogP contribution is 2.48. The van der Waals surface area contributed by atoms with Crippen LogP contribution < -0.4 is 15.2 Å². The monoisotopic (exact) mass is 291 g/mol. The fourth-order valence-corrected chi connectivity index (χ4v) is 3.83. The van der Waals surface area contributed by atoms with Crippen molar-refractivity contribution in [3.63, 3.8) is 0 Å². The molecule has 1 aromatic rings. The van der Waals surface area contributed by atoms with Gasteiger partial charge >= 0.3 is 0 Å². The van der Waals surface area contributed by atoms with Gasteiger partial charge in [-0.25, -0.2) is 0 Å². The maximum atomic E-state index is 10.9. The van der Waals surface area contributed by atoms with E-state index in [-0.39, 0.29) is 5.41 Å². The second-order valence-electron chi connectivity index (χ2n) is 6.57. The second kappa shape index (κ2) is 5.85. The maximum absolute atomic E-state index is 10.9. The number of rotatable bonds is 3. The number of hydrogen-bond donors (Lipinski definition) is 2. The van der Waals surface area contributed by atoms with E-state index in [0.717, 1.165) is 36.3 Å². The summed E-state index contributed by atoms with van der Waals surface area (Å²) in [5, 5.41) is 10.9. The lowest BCUT2D eigenvalue weighted by molar-refractivity contribution is -0.0133. The molecule has 0 radical (unpaired) electrons. The molecule has 3 rings (SSSR count). The number of aliphatic hydroxyl groups excluding tert-OH is 1. The molecule has 0 bridgehead atoms. The van der Waals surface area contributed by atoms with Crippen LogP contribution in [0.25, 0.3) is 0 Å². The Kier molecular flexibility index (Phi) is 4.09. The van der Waals surface area contributed by atoms with Crippen molar-refractivity contribution < 1.29 is 14.6 Å². The van der Waals surface area contributed by atoms with E-state index in [2.05, 4.69) is 6.92 Å². The van der Waals surface area contributed by atoms with E-state index in [1.165, 1.54) is 6.42 Å². The van der Waals surface area contributed by atoms with Crippen molar-refractivity contribution in [1.82, 2.24) is 0 Å². The minimum atomic E-state index is -0.541. The molecule has 2 aliphatic rings. The zero-order valence-corrected chi connectivity index (χ0v) is 12.7. The summed E-state index contributed by atoms with van der Waals surface area (Å²) in [6.45, 7) is 3.91. The Hall–Kier alpha value is -1.26. The third-order valence-electron chi connectivity index (χ3n) is 5.00. The smallest absolute Gasteiger partial charge is 0.161 e. The highest BCUT2D eigenvalue weighted by molar-refractivity contribution is 5.44. The fourth-order valence-electron chi connectivity index (χ4n) is 3.83. The number of hydrogen-bond acceptors (Lipinski definition) is 4. The summed E-state index contributed by atoms with van der Waals surface area (Å²) in [5.74, 6) is 2.11. The zero-order valence-electron chi connectivity index (χ0n) is 12.7. The van der Waals surface area contributed by atoms with Crippen molar-refractivity contribution in [3.8, 4) is 11.5 Å². The van der Waals surface area contributed by atoms with Crippen molar-refractivity contribution in [1.29, 1.82) is 0 Å². The molecule has 1 aliphatic heterocycles. The molecule has 4 nitrogen and oxygen atoms in total. The van der Waals surface area contributed by atoms with Crippen LogP contribution in [0.4, 0.5) is 0 Å². The van der Waals surface area contributed by atoms with Crippen LogP contribution in [0.3, 0.4) is 0 Å². The standard InChI is InChI=1S/C17H25NO3/c1-12-3-2-6-17(10-12,11-18)16(19)13-4-5-14-15(9-13)21-8-7-20-14/h4-5,9,12,16,19H,2-3,6-8,10-11,18H2,1H3. The maximum Gasteiger partial charge on any atom is 0.161 e. The van der Waals surface area contributed by atoms with Gasteiger partial charge in [-0.1, -0.05) is 25.8 Å². The molecule has 0 amide bonds. The Morgan fingerprint density at radius 1 is 1.33 bits per heavy atom. The van der Waals surface area contributed by atoms with Crippen LogP contribution in [0.5, 0.6) is 11.5 Å². The van der Waals surface area contributed by atoms with E-state index in [4.69, 9.17) is 15.2 Å². The largest absolute Gasteiger partial charge is 0.486 e. The molecular formula is C17H25NO3. The van der Waals surface area contributed by atoms with E-state index in [1.807, 2.05) is 18.2 Å². The molecule has 0 spiro atoms. The van der Waals surface area contributed by atoms with E-state index in [1.54, 1.807) is 0 Å². The van der Waals surface area contributed by atoms with Crippen molar-refractivity contribution in [2.45, 2.75) is 38.7 Å². The first-order valence-electron chi connectivity index (χ1n) is 7.92. The second-order valence-corrected chi connectivity index (χ2v) is 6.57. The Morgan fingerprint density at radius 2 is 2.10 bits per heavy atom. The Labute approximate surface area is 126 Å². The predicted molar refractivity (Wildman–Crippen MR) is 81.5 cm³/mol. The lowest BCUT2D eigenvalue weighted by atomic mass is 9.65. The zero-order chi connectivity index (χ0) is 14.9. The van der Waals surface area contributed by atoms with Gasteiger partial charge in [0.1, 0.15) is 13.2 Å². The molecule has 3 atom stereocenters. The molecule has 0 aromatic heterocycles. The van der Waals surface area contributed by atoms with Gasteiger partial charge in [0.05, 0.1) is 6.10 Å². The number of fused-ring (bicyclic) bond motifs is 1. The van der Waals surface area contributed by atoms with Crippen molar-refractivity contribution in [3.05, 3.63) is 23.8 Å². The third-order valence-corrected chi connectivity index (χ3v) is 5.00. The van der Waals surface area contributed by atoms with Crippen LogP contribution >= 0.6 is 0 Å². The molecule has 3 unspecified atom stereocenters. The topological polar surface area (TPSA) is 64.7 Å². The predicted octanol–water partition coefficient (Wildman–Crippen LogP) is 2.65. The van der Waals surface area contributed by atoms with E-state index in [0.29, 0.717) is 25.7 Å². The Balaban J connectivity index is 1.87. The summed E-state index contributed by atoms with van der Waals surface area (Å²) >= 11 is 0. The van der Waals surface area contributed by atoms with Crippen molar-refractivity contribution >= 4 is 0 Å².